The predicted molar refractivity (Wildman–Crippen MR) is 81.3 cm³/mol. The van der Waals surface area contributed by atoms with Gasteiger partial charge in [0.15, 0.2) is 0 Å². The molecule has 0 aliphatic heterocycles. The van der Waals surface area contributed by atoms with Gasteiger partial charge in [0.1, 0.15) is 23.8 Å². The van der Waals surface area contributed by atoms with Gasteiger partial charge in [-0.15, -0.1) is 0 Å². The van der Waals surface area contributed by atoms with Gasteiger partial charge >= 0.3 is 0 Å². The van der Waals surface area contributed by atoms with Crippen LogP contribution in [0.25, 0.3) is 0 Å². The zero-order valence-corrected chi connectivity index (χ0v) is 12.7. The third-order valence-corrected chi connectivity index (χ3v) is 3.46. The highest BCUT2D eigenvalue weighted by Crippen LogP contribution is 2.33. The molecule has 1 aromatic heterocycles. The Morgan fingerprint density at radius 1 is 1.25 bits per heavy atom. The Kier molecular flexibility index (Phi) is 4.51. The summed E-state index contributed by atoms with van der Waals surface area (Å²) in [6, 6.07) is 4.76. The van der Waals surface area contributed by atoms with Crippen molar-refractivity contribution >= 4 is 33.3 Å². The van der Waals surface area contributed by atoms with E-state index in [1.165, 1.54) is 12.4 Å². The van der Waals surface area contributed by atoms with Gasteiger partial charge in [-0.1, -0.05) is 19.9 Å². The van der Waals surface area contributed by atoms with Crippen LogP contribution in [-0.4, -0.2) is 9.97 Å². The highest BCUT2D eigenvalue weighted by molar-refractivity contribution is 9.10. The van der Waals surface area contributed by atoms with Crippen LogP contribution in [0.2, 0.25) is 0 Å². The Balaban J connectivity index is 2.49. The first-order valence-electron chi connectivity index (χ1n) is 6.07. The second kappa shape index (κ2) is 6.15. The van der Waals surface area contributed by atoms with Crippen molar-refractivity contribution in [3.05, 3.63) is 40.4 Å². The zero-order chi connectivity index (χ0) is 14.7. The maximum absolute atomic E-state index is 13.9. The van der Waals surface area contributed by atoms with Crippen LogP contribution in [0.15, 0.2) is 29.0 Å². The lowest BCUT2D eigenvalue weighted by Gasteiger charge is -2.17. The fourth-order valence-corrected chi connectivity index (χ4v) is 2.33. The zero-order valence-electron chi connectivity index (χ0n) is 11.1. The molecule has 0 unspecified atom stereocenters. The standard InChI is InChI=1S/C13H15BrFN5/c1-7(2)10-12(17-6-18-13(10)20-16)19-11-8(14)4-3-5-9(11)15/h3-7H,16H2,1-2H3,(H2,17,18,19,20). The second-order valence-corrected chi connectivity index (χ2v) is 5.36. The summed E-state index contributed by atoms with van der Waals surface area (Å²) in [7, 11) is 0. The molecule has 0 atom stereocenters. The van der Waals surface area contributed by atoms with Crippen LogP contribution >= 0.6 is 15.9 Å². The van der Waals surface area contributed by atoms with Crippen molar-refractivity contribution in [3.8, 4) is 0 Å². The first kappa shape index (κ1) is 14.7. The number of benzene rings is 1. The topological polar surface area (TPSA) is 75.9 Å². The van der Waals surface area contributed by atoms with Crippen molar-refractivity contribution in [2.24, 2.45) is 5.84 Å². The van der Waals surface area contributed by atoms with Crippen LogP contribution < -0.4 is 16.6 Å². The molecule has 0 aliphatic carbocycles. The van der Waals surface area contributed by atoms with Crippen molar-refractivity contribution < 1.29 is 4.39 Å². The molecule has 1 aromatic carbocycles. The summed E-state index contributed by atoms with van der Waals surface area (Å²) in [5.41, 5.74) is 3.66. The van der Waals surface area contributed by atoms with Crippen LogP contribution in [0, 0.1) is 5.82 Å². The molecule has 4 N–H and O–H groups in total. The van der Waals surface area contributed by atoms with Crippen molar-refractivity contribution in [1.82, 2.24) is 9.97 Å². The lowest BCUT2D eigenvalue weighted by molar-refractivity contribution is 0.631. The number of anilines is 3. The number of nitrogens with zero attached hydrogens (tertiary/aromatic N) is 2. The Bertz CT molecular complexity index is 597. The number of aromatic nitrogens is 2. The van der Waals surface area contributed by atoms with E-state index in [9.17, 15) is 4.39 Å². The molecule has 5 nitrogen and oxygen atoms in total. The van der Waals surface area contributed by atoms with Crippen LogP contribution in [0.4, 0.5) is 21.7 Å². The molecule has 2 aromatic rings. The molecule has 0 amide bonds. The summed E-state index contributed by atoms with van der Waals surface area (Å²) in [6.45, 7) is 3.97. The number of hydrogen-bond acceptors (Lipinski definition) is 5. The summed E-state index contributed by atoms with van der Waals surface area (Å²) in [4.78, 5) is 8.25. The number of rotatable bonds is 4. The van der Waals surface area contributed by atoms with E-state index in [0.717, 1.165) is 5.56 Å². The number of halogens is 2. The van der Waals surface area contributed by atoms with Crippen molar-refractivity contribution in [2.75, 3.05) is 10.7 Å². The Morgan fingerprint density at radius 3 is 2.55 bits per heavy atom. The van der Waals surface area contributed by atoms with E-state index in [1.54, 1.807) is 12.1 Å². The summed E-state index contributed by atoms with van der Waals surface area (Å²) >= 11 is 3.32. The SMILES string of the molecule is CC(C)c1c(NN)ncnc1Nc1c(F)cccc1Br. The third-order valence-electron chi connectivity index (χ3n) is 2.80. The number of hydrogen-bond donors (Lipinski definition) is 3. The Hall–Kier alpha value is -1.73. The second-order valence-electron chi connectivity index (χ2n) is 4.51. The van der Waals surface area contributed by atoms with E-state index in [4.69, 9.17) is 5.84 Å². The molecule has 0 radical (unpaired) electrons. The number of nitrogens with one attached hydrogen (secondary N) is 2. The summed E-state index contributed by atoms with van der Waals surface area (Å²) < 4.78 is 14.5. The maximum Gasteiger partial charge on any atom is 0.148 e. The highest BCUT2D eigenvalue weighted by Gasteiger charge is 2.16. The average Bonchev–Trinajstić information content (AvgIpc) is 2.42. The predicted octanol–water partition coefficient (Wildman–Crippen LogP) is 3.53. The van der Waals surface area contributed by atoms with Crippen LogP contribution in [0.1, 0.15) is 25.3 Å². The molecular formula is C13H15BrFN5. The summed E-state index contributed by atoms with van der Waals surface area (Å²) in [6.07, 6.45) is 1.37. The molecule has 0 saturated carbocycles. The van der Waals surface area contributed by atoms with E-state index >= 15 is 0 Å². The maximum atomic E-state index is 13.9. The van der Waals surface area contributed by atoms with Crippen molar-refractivity contribution in [2.45, 2.75) is 19.8 Å². The summed E-state index contributed by atoms with van der Waals surface area (Å²) in [5, 5.41) is 3.00. The van der Waals surface area contributed by atoms with E-state index in [0.29, 0.717) is 21.8 Å². The minimum Gasteiger partial charge on any atom is -0.337 e. The normalized spacial score (nSPS) is 10.7. The molecule has 0 aliphatic rings. The van der Waals surface area contributed by atoms with Crippen molar-refractivity contribution in [3.63, 3.8) is 0 Å². The summed E-state index contributed by atoms with van der Waals surface area (Å²) in [5.74, 6) is 6.25. The fraction of sp³-hybridized carbons (Fsp3) is 0.231. The molecule has 1 heterocycles. The van der Waals surface area contributed by atoms with E-state index < -0.39 is 0 Å². The average molecular weight is 340 g/mol. The van der Waals surface area contributed by atoms with Gasteiger partial charge in [-0.3, -0.25) is 0 Å². The Labute approximate surface area is 124 Å². The number of hydrazine groups is 1. The number of nitrogens with two attached hydrogens (primary N) is 1. The molecule has 0 saturated heterocycles. The van der Waals surface area contributed by atoms with Gasteiger partial charge in [-0.2, -0.15) is 0 Å². The van der Waals surface area contributed by atoms with Gasteiger partial charge in [0.25, 0.3) is 0 Å². The first-order valence-corrected chi connectivity index (χ1v) is 6.86. The Morgan fingerprint density at radius 2 is 1.95 bits per heavy atom. The quantitative estimate of drug-likeness (QED) is 0.586. The molecule has 7 heteroatoms. The largest absolute Gasteiger partial charge is 0.337 e. The lowest BCUT2D eigenvalue weighted by atomic mass is 10.0. The fourth-order valence-electron chi connectivity index (χ4n) is 1.89. The van der Waals surface area contributed by atoms with E-state index in [1.807, 2.05) is 13.8 Å². The molecule has 20 heavy (non-hydrogen) atoms. The molecular weight excluding hydrogens is 325 g/mol. The first-order chi connectivity index (χ1) is 9.54. The van der Waals surface area contributed by atoms with Gasteiger partial charge in [0.05, 0.1) is 5.69 Å². The lowest BCUT2D eigenvalue weighted by Crippen LogP contribution is -2.14. The minimum atomic E-state index is -0.366. The number of para-hydroxylation sites is 1. The van der Waals surface area contributed by atoms with Crippen LogP contribution in [-0.2, 0) is 0 Å². The monoisotopic (exact) mass is 339 g/mol. The van der Waals surface area contributed by atoms with Gasteiger partial charge in [-0.25, -0.2) is 20.2 Å². The van der Waals surface area contributed by atoms with Crippen molar-refractivity contribution in [1.29, 1.82) is 0 Å². The molecule has 0 fully saturated rings. The molecule has 0 spiro atoms. The van der Waals surface area contributed by atoms with Gasteiger partial charge in [0, 0.05) is 10.0 Å². The van der Waals surface area contributed by atoms with Crippen LogP contribution in [0.5, 0.6) is 0 Å². The molecule has 0 bridgehead atoms. The van der Waals surface area contributed by atoms with E-state index in [-0.39, 0.29) is 11.7 Å². The van der Waals surface area contributed by atoms with Gasteiger partial charge in [-0.05, 0) is 34.0 Å². The van der Waals surface area contributed by atoms with Gasteiger partial charge < -0.3 is 10.7 Å². The molecule has 2 rings (SSSR count). The van der Waals surface area contributed by atoms with Crippen LogP contribution in [0.3, 0.4) is 0 Å². The highest BCUT2D eigenvalue weighted by atomic mass is 79.9. The third kappa shape index (κ3) is 2.88. The minimum absolute atomic E-state index is 0.121. The molecule has 106 valence electrons. The number of nitrogen functional groups attached to an aromatic ring is 1. The van der Waals surface area contributed by atoms with E-state index in [2.05, 4.69) is 36.6 Å². The smallest absolute Gasteiger partial charge is 0.148 e. The van der Waals surface area contributed by atoms with Gasteiger partial charge in [0.2, 0.25) is 0 Å².